The molecule has 2 nitrogen and oxygen atoms in total. The van der Waals surface area contributed by atoms with Gasteiger partial charge in [-0.25, -0.2) is 4.98 Å². The minimum absolute atomic E-state index is 0.700. The SMILES string of the molecule is Cc1ncn(Cc2cc(Cl)ccc2Cl)c1C. The van der Waals surface area contributed by atoms with Gasteiger partial charge in [-0.2, -0.15) is 0 Å². The van der Waals surface area contributed by atoms with E-state index < -0.39 is 0 Å². The van der Waals surface area contributed by atoms with Crippen molar-refractivity contribution in [1.82, 2.24) is 9.55 Å². The van der Waals surface area contributed by atoms with Crippen LogP contribution in [0.25, 0.3) is 0 Å². The number of rotatable bonds is 2. The summed E-state index contributed by atoms with van der Waals surface area (Å²) in [5.41, 5.74) is 3.20. The molecule has 0 unspecified atom stereocenters. The van der Waals surface area contributed by atoms with Crippen LogP contribution in [0.15, 0.2) is 24.5 Å². The maximum atomic E-state index is 6.11. The quantitative estimate of drug-likeness (QED) is 0.796. The first-order valence-electron chi connectivity index (χ1n) is 5.00. The third kappa shape index (κ3) is 2.23. The molecule has 0 spiro atoms. The lowest BCUT2D eigenvalue weighted by Gasteiger charge is -2.08. The van der Waals surface area contributed by atoms with E-state index in [4.69, 9.17) is 23.2 Å². The highest BCUT2D eigenvalue weighted by atomic mass is 35.5. The van der Waals surface area contributed by atoms with Gasteiger partial charge < -0.3 is 4.57 Å². The van der Waals surface area contributed by atoms with Gasteiger partial charge in [0.2, 0.25) is 0 Å². The summed E-state index contributed by atoms with van der Waals surface area (Å²) >= 11 is 12.1. The summed E-state index contributed by atoms with van der Waals surface area (Å²) in [4.78, 5) is 4.25. The van der Waals surface area contributed by atoms with E-state index in [2.05, 4.69) is 9.55 Å². The second-order valence-electron chi connectivity index (χ2n) is 3.78. The third-order valence-electron chi connectivity index (χ3n) is 2.69. The maximum Gasteiger partial charge on any atom is 0.0954 e. The highest BCUT2D eigenvalue weighted by Gasteiger charge is 2.06. The lowest BCUT2D eigenvalue weighted by molar-refractivity contribution is 0.769. The van der Waals surface area contributed by atoms with Crippen molar-refractivity contribution < 1.29 is 0 Å². The minimum Gasteiger partial charge on any atom is -0.330 e. The van der Waals surface area contributed by atoms with Crippen LogP contribution in [-0.2, 0) is 6.54 Å². The Kier molecular flexibility index (Phi) is 3.22. The summed E-state index contributed by atoms with van der Waals surface area (Å²) in [6.07, 6.45) is 1.82. The Labute approximate surface area is 105 Å². The molecule has 1 aromatic carbocycles. The average Bonchev–Trinajstić information content (AvgIpc) is 2.55. The van der Waals surface area contributed by atoms with Gasteiger partial charge in [0.25, 0.3) is 0 Å². The molecule has 0 amide bonds. The van der Waals surface area contributed by atoms with Crippen LogP contribution in [0.3, 0.4) is 0 Å². The van der Waals surface area contributed by atoms with Gasteiger partial charge in [0.1, 0.15) is 0 Å². The van der Waals surface area contributed by atoms with Crippen molar-refractivity contribution in [3.05, 3.63) is 51.5 Å². The fraction of sp³-hybridized carbons (Fsp3) is 0.250. The van der Waals surface area contributed by atoms with Crippen LogP contribution in [0.1, 0.15) is 17.0 Å². The van der Waals surface area contributed by atoms with E-state index in [1.807, 2.05) is 32.3 Å². The van der Waals surface area contributed by atoms with E-state index in [0.717, 1.165) is 22.0 Å². The second kappa shape index (κ2) is 4.48. The van der Waals surface area contributed by atoms with Crippen molar-refractivity contribution >= 4 is 23.2 Å². The number of hydrogen-bond acceptors (Lipinski definition) is 1. The first-order chi connectivity index (χ1) is 7.58. The largest absolute Gasteiger partial charge is 0.330 e. The van der Waals surface area contributed by atoms with Crippen molar-refractivity contribution in [2.75, 3.05) is 0 Å². The van der Waals surface area contributed by atoms with Crippen LogP contribution < -0.4 is 0 Å². The van der Waals surface area contributed by atoms with Gasteiger partial charge in [-0.15, -0.1) is 0 Å². The highest BCUT2D eigenvalue weighted by molar-refractivity contribution is 6.33. The van der Waals surface area contributed by atoms with Crippen molar-refractivity contribution in [2.24, 2.45) is 0 Å². The normalized spacial score (nSPS) is 10.8. The lowest BCUT2D eigenvalue weighted by Crippen LogP contribution is -2.01. The molecule has 84 valence electrons. The number of aryl methyl sites for hydroxylation is 1. The molecular formula is C12H12Cl2N2. The van der Waals surface area contributed by atoms with Crippen LogP contribution in [0.2, 0.25) is 10.0 Å². The molecule has 0 N–H and O–H groups in total. The predicted octanol–water partition coefficient (Wildman–Crippen LogP) is 3.86. The zero-order valence-electron chi connectivity index (χ0n) is 9.17. The molecule has 1 aromatic heterocycles. The molecule has 1 heterocycles. The van der Waals surface area contributed by atoms with Gasteiger partial charge in [-0.1, -0.05) is 23.2 Å². The monoisotopic (exact) mass is 254 g/mol. The number of halogens is 2. The Bertz CT molecular complexity index is 518. The third-order valence-corrected chi connectivity index (χ3v) is 3.30. The Morgan fingerprint density at radius 1 is 1.25 bits per heavy atom. The summed E-state index contributed by atoms with van der Waals surface area (Å²) < 4.78 is 2.06. The number of benzene rings is 1. The van der Waals surface area contributed by atoms with Crippen LogP contribution in [-0.4, -0.2) is 9.55 Å². The molecule has 0 aliphatic carbocycles. The Hall–Kier alpha value is -0.990. The first kappa shape index (κ1) is 11.5. The number of imidazole rings is 1. The summed E-state index contributed by atoms with van der Waals surface area (Å²) in [5.74, 6) is 0. The van der Waals surface area contributed by atoms with Gasteiger partial charge in [0.15, 0.2) is 0 Å². The number of aromatic nitrogens is 2. The van der Waals surface area contributed by atoms with Crippen molar-refractivity contribution in [2.45, 2.75) is 20.4 Å². The summed E-state index contributed by atoms with van der Waals surface area (Å²) in [6.45, 7) is 4.73. The van der Waals surface area contributed by atoms with Crippen molar-refractivity contribution in [3.63, 3.8) is 0 Å². The molecular weight excluding hydrogens is 243 g/mol. The van der Waals surface area contributed by atoms with Crippen LogP contribution in [0, 0.1) is 13.8 Å². The van der Waals surface area contributed by atoms with E-state index in [9.17, 15) is 0 Å². The van der Waals surface area contributed by atoms with Crippen molar-refractivity contribution in [1.29, 1.82) is 0 Å². The van der Waals surface area contributed by atoms with Gasteiger partial charge >= 0.3 is 0 Å². The summed E-state index contributed by atoms with van der Waals surface area (Å²) in [7, 11) is 0. The molecule has 2 aromatic rings. The molecule has 0 radical (unpaired) electrons. The van der Waals surface area contributed by atoms with Gasteiger partial charge in [0.05, 0.1) is 18.6 Å². The minimum atomic E-state index is 0.700. The Morgan fingerprint density at radius 3 is 2.62 bits per heavy atom. The smallest absolute Gasteiger partial charge is 0.0954 e. The standard InChI is InChI=1S/C12H12Cl2N2/c1-8-9(2)16(7-15-8)6-10-5-11(13)3-4-12(10)14/h3-5,7H,6H2,1-2H3. The molecule has 4 heteroatoms. The average molecular weight is 255 g/mol. The molecule has 0 saturated carbocycles. The van der Waals surface area contributed by atoms with Crippen LogP contribution in [0.4, 0.5) is 0 Å². The molecule has 0 atom stereocenters. The second-order valence-corrected chi connectivity index (χ2v) is 4.62. The molecule has 0 bridgehead atoms. The topological polar surface area (TPSA) is 17.8 Å². The Balaban J connectivity index is 2.33. The van der Waals surface area contributed by atoms with Gasteiger partial charge in [0, 0.05) is 15.7 Å². The van der Waals surface area contributed by atoms with Crippen LogP contribution >= 0.6 is 23.2 Å². The Morgan fingerprint density at radius 2 is 2.00 bits per heavy atom. The zero-order chi connectivity index (χ0) is 11.7. The highest BCUT2D eigenvalue weighted by Crippen LogP contribution is 2.22. The molecule has 0 aliphatic rings. The molecule has 0 aliphatic heterocycles. The maximum absolute atomic E-state index is 6.11. The van der Waals surface area contributed by atoms with Crippen LogP contribution in [0.5, 0.6) is 0 Å². The molecule has 16 heavy (non-hydrogen) atoms. The first-order valence-corrected chi connectivity index (χ1v) is 5.76. The van der Waals surface area contributed by atoms with Crippen molar-refractivity contribution in [3.8, 4) is 0 Å². The lowest BCUT2D eigenvalue weighted by atomic mass is 10.2. The molecule has 0 fully saturated rings. The van der Waals surface area contributed by atoms with E-state index in [-0.39, 0.29) is 0 Å². The fourth-order valence-corrected chi connectivity index (χ4v) is 1.92. The van der Waals surface area contributed by atoms with E-state index >= 15 is 0 Å². The molecule has 0 saturated heterocycles. The zero-order valence-corrected chi connectivity index (χ0v) is 10.7. The predicted molar refractivity (Wildman–Crippen MR) is 67.3 cm³/mol. The summed E-state index contributed by atoms with van der Waals surface area (Å²) in [6, 6.07) is 5.50. The van der Waals surface area contributed by atoms with E-state index in [1.54, 1.807) is 6.07 Å². The number of nitrogens with zero attached hydrogens (tertiary/aromatic N) is 2. The number of hydrogen-bond donors (Lipinski definition) is 0. The van der Waals surface area contributed by atoms with E-state index in [0.29, 0.717) is 11.6 Å². The van der Waals surface area contributed by atoms with Gasteiger partial charge in [-0.3, -0.25) is 0 Å². The van der Waals surface area contributed by atoms with E-state index in [1.165, 1.54) is 0 Å². The molecule has 2 rings (SSSR count). The fourth-order valence-electron chi connectivity index (χ4n) is 1.55. The van der Waals surface area contributed by atoms with Gasteiger partial charge in [-0.05, 0) is 37.6 Å². The summed E-state index contributed by atoms with van der Waals surface area (Å²) in [5, 5.41) is 1.43.